The number of aromatic amines is 1. The summed E-state index contributed by atoms with van der Waals surface area (Å²) >= 11 is 3.94. The van der Waals surface area contributed by atoms with Gasteiger partial charge in [-0.05, 0) is 12.1 Å². The second kappa shape index (κ2) is 8.77. The first-order chi connectivity index (χ1) is 13.3. The van der Waals surface area contributed by atoms with Crippen molar-refractivity contribution >= 4 is 45.2 Å². The van der Waals surface area contributed by atoms with E-state index in [9.17, 15) is 0 Å². The molecule has 1 aromatic heterocycles. The highest BCUT2D eigenvalue weighted by molar-refractivity contribution is 8.15. The van der Waals surface area contributed by atoms with Crippen LogP contribution in [0, 0.1) is 0 Å². The van der Waals surface area contributed by atoms with E-state index in [0.29, 0.717) is 11.9 Å². The lowest BCUT2D eigenvalue weighted by Crippen LogP contribution is -2.37. The van der Waals surface area contributed by atoms with Crippen LogP contribution in [0.3, 0.4) is 0 Å². The molecular formula is C19H26N4O2S2. The predicted octanol–water partition coefficient (Wildman–Crippen LogP) is 2.49. The van der Waals surface area contributed by atoms with Crippen LogP contribution in [0.4, 0.5) is 5.69 Å². The van der Waals surface area contributed by atoms with Crippen molar-refractivity contribution in [1.29, 1.82) is 0 Å². The van der Waals surface area contributed by atoms with E-state index in [-0.39, 0.29) is 6.61 Å². The Kier molecular flexibility index (Phi) is 6.17. The van der Waals surface area contributed by atoms with Crippen LogP contribution in [0.15, 0.2) is 23.2 Å². The minimum atomic E-state index is 0.00977. The molecule has 6 nitrogen and oxygen atoms in total. The van der Waals surface area contributed by atoms with E-state index in [1.807, 2.05) is 30.9 Å². The molecule has 8 heteroatoms. The minimum absolute atomic E-state index is 0.00977. The molecule has 0 bridgehead atoms. The third kappa shape index (κ3) is 4.39. The zero-order valence-electron chi connectivity index (χ0n) is 15.5. The highest BCUT2D eigenvalue weighted by Gasteiger charge is 2.25. The van der Waals surface area contributed by atoms with Crippen LogP contribution in [0.5, 0.6) is 5.75 Å². The third-order valence-electron chi connectivity index (χ3n) is 4.84. The number of H-pyrrole nitrogens is 1. The predicted molar refractivity (Wildman–Crippen MR) is 117 cm³/mol. The summed E-state index contributed by atoms with van der Waals surface area (Å²) in [5, 5.41) is 14.9. The van der Waals surface area contributed by atoms with E-state index < -0.39 is 0 Å². The standard InChI is InChI=1S/C19H26N4O2S2/c1-20-16-10-14(25-5-4-24)8-13-9-17(22-18(13)16)19-21-11-15(27-19)12-23-2-6-26-7-3-23/h8-10,15,20,22,24H,2-7,11-12H2,1H3. The van der Waals surface area contributed by atoms with Gasteiger partial charge in [0.05, 0.1) is 30.0 Å². The molecule has 27 heavy (non-hydrogen) atoms. The van der Waals surface area contributed by atoms with E-state index in [1.165, 1.54) is 24.6 Å². The number of aliphatic hydroxyl groups excluding tert-OH is 1. The van der Waals surface area contributed by atoms with Gasteiger partial charge in [-0.1, -0.05) is 11.8 Å². The Balaban J connectivity index is 1.48. The minimum Gasteiger partial charge on any atom is -0.491 e. The van der Waals surface area contributed by atoms with E-state index in [1.54, 1.807) is 0 Å². The molecule has 1 unspecified atom stereocenters. The molecule has 2 aliphatic heterocycles. The quantitative estimate of drug-likeness (QED) is 0.656. The SMILES string of the molecule is CNc1cc(OCCO)cc2cc(C3=NCC(CN4CCSCC4)S3)[nH]c12. The summed E-state index contributed by atoms with van der Waals surface area (Å²) in [6.07, 6.45) is 0. The fourth-order valence-electron chi connectivity index (χ4n) is 3.51. The maximum Gasteiger partial charge on any atom is 0.122 e. The van der Waals surface area contributed by atoms with Crippen LogP contribution in [-0.2, 0) is 0 Å². The Labute approximate surface area is 168 Å². The molecule has 0 saturated carbocycles. The van der Waals surface area contributed by atoms with Crippen LogP contribution >= 0.6 is 23.5 Å². The van der Waals surface area contributed by atoms with Crippen molar-refractivity contribution in [2.45, 2.75) is 5.25 Å². The van der Waals surface area contributed by atoms with Gasteiger partial charge in [-0.15, -0.1) is 0 Å². The van der Waals surface area contributed by atoms with Gasteiger partial charge in [0.2, 0.25) is 0 Å². The Hall–Kier alpha value is -1.35. The number of aromatic nitrogens is 1. The van der Waals surface area contributed by atoms with Gasteiger partial charge in [0.15, 0.2) is 0 Å². The molecule has 2 aromatic rings. The normalized spacial score (nSPS) is 20.8. The van der Waals surface area contributed by atoms with Gasteiger partial charge in [-0.2, -0.15) is 11.8 Å². The number of anilines is 1. The summed E-state index contributed by atoms with van der Waals surface area (Å²) in [5.74, 6) is 3.26. The van der Waals surface area contributed by atoms with Gasteiger partial charge in [0.25, 0.3) is 0 Å². The third-order valence-corrected chi connectivity index (χ3v) is 6.99. The van der Waals surface area contributed by atoms with Crippen LogP contribution in [0.1, 0.15) is 5.69 Å². The first kappa shape index (κ1) is 19.0. The molecule has 0 radical (unpaired) electrons. The maximum absolute atomic E-state index is 8.99. The average molecular weight is 407 g/mol. The van der Waals surface area contributed by atoms with Gasteiger partial charge < -0.3 is 25.0 Å². The summed E-state index contributed by atoms with van der Waals surface area (Å²) in [6.45, 7) is 4.72. The first-order valence-electron chi connectivity index (χ1n) is 9.36. The van der Waals surface area contributed by atoms with E-state index in [2.05, 4.69) is 33.0 Å². The van der Waals surface area contributed by atoms with Gasteiger partial charge >= 0.3 is 0 Å². The van der Waals surface area contributed by atoms with Gasteiger partial charge in [0, 0.05) is 54.9 Å². The summed E-state index contributed by atoms with van der Waals surface area (Å²) in [7, 11) is 1.90. The second-order valence-corrected chi connectivity index (χ2v) is 9.25. The van der Waals surface area contributed by atoms with E-state index in [4.69, 9.17) is 14.8 Å². The van der Waals surface area contributed by atoms with Crippen molar-refractivity contribution in [3.05, 3.63) is 23.9 Å². The van der Waals surface area contributed by atoms with Crippen molar-refractivity contribution < 1.29 is 9.84 Å². The lowest BCUT2D eigenvalue weighted by atomic mass is 10.2. The molecule has 1 atom stereocenters. The average Bonchev–Trinajstić information content (AvgIpc) is 3.33. The molecule has 1 saturated heterocycles. The smallest absolute Gasteiger partial charge is 0.122 e. The molecule has 1 fully saturated rings. The van der Waals surface area contributed by atoms with Gasteiger partial charge in [-0.3, -0.25) is 4.99 Å². The number of fused-ring (bicyclic) bond motifs is 1. The molecule has 2 aliphatic rings. The number of hydrogen-bond donors (Lipinski definition) is 3. The highest BCUT2D eigenvalue weighted by Crippen LogP contribution is 2.33. The molecule has 1 aromatic carbocycles. The summed E-state index contributed by atoms with van der Waals surface area (Å²) in [5.41, 5.74) is 3.11. The maximum atomic E-state index is 8.99. The number of aliphatic imine (C=N–C) groups is 1. The van der Waals surface area contributed by atoms with Crippen molar-refractivity contribution in [2.75, 3.05) is 63.3 Å². The monoisotopic (exact) mass is 406 g/mol. The highest BCUT2D eigenvalue weighted by atomic mass is 32.2. The van der Waals surface area contributed by atoms with Crippen molar-refractivity contribution in [3.8, 4) is 5.75 Å². The number of aliphatic hydroxyl groups is 1. The van der Waals surface area contributed by atoms with Crippen molar-refractivity contribution in [2.24, 2.45) is 4.99 Å². The fourth-order valence-corrected chi connectivity index (χ4v) is 5.62. The lowest BCUT2D eigenvalue weighted by molar-refractivity contribution is 0.201. The number of ether oxygens (including phenoxy) is 1. The van der Waals surface area contributed by atoms with Crippen molar-refractivity contribution in [1.82, 2.24) is 9.88 Å². The number of nitrogens with one attached hydrogen (secondary N) is 2. The molecule has 146 valence electrons. The summed E-state index contributed by atoms with van der Waals surface area (Å²) in [4.78, 5) is 10.9. The number of hydrogen-bond acceptors (Lipinski definition) is 7. The number of benzene rings is 1. The lowest BCUT2D eigenvalue weighted by Gasteiger charge is -2.28. The van der Waals surface area contributed by atoms with Crippen LogP contribution in [0.2, 0.25) is 0 Å². The molecule has 3 heterocycles. The summed E-state index contributed by atoms with van der Waals surface area (Å²) in [6, 6.07) is 6.11. The molecule has 0 spiro atoms. The van der Waals surface area contributed by atoms with E-state index >= 15 is 0 Å². The van der Waals surface area contributed by atoms with Crippen LogP contribution in [0.25, 0.3) is 10.9 Å². The number of rotatable bonds is 7. The largest absolute Gasteiger partial charge is 0.491 e. The van der Waals surface area contributed by atoms with Crippen molar-refractivity contribution in [3.63, 3.8) is 0 Å². The topological polar surface area (TPSA) is 72.9 Å². The van der Waals surface area contributed by atoms with Crippen LogP contribution < -0.4 is 10.1 Å². The molecule has 4 rings (SSSR count). The van der Waals surface area contributed by atoms with Crippen LogP contribution in [-0.4, -0.2) is 83.2 Å². The molecule has 0 aliphatic carbocycles. The Bertz CT molecular complexity index is 817. The zero-order valence-corrected chi connectivity index (χ0v) is 17.2. The van der Waals surface area contributed by atoms with Gasteiger partial charge in [-0.25, -0.2) is 0 Å². The zero-order chi connectivity index (χ0) is 18.6. The Morgan fingerprint density at radius 3 is 2.96 bits per heavy atom. The Morgan fingerprint density at radius 1 is 1.33 bits per heavy atom. The van der Waals surface area contributed by atoms with Gasteiger partial charge in [0.1, 0.15) is 17.4 Å². The van der Waals surface area contributed by atoms with E-state index in [0.717, 1.165) is 46.2 Å². The molecule has 3 N–H and O–H groups in total. The molecule has 0 amide bonds. The first-order valence-corrected chi connectivity index (χ1v) is 11.4. The number of nitrogens with zero attached hydrogens (tertiary/aromatic N) is 2. The fraction of sp³-hybridized carbons (Fsp3) is 0.526. The molecular weight excluding hydrogens is 380 g/mol. The summed E-state index contributed by atoms with van der Waals surface area (Å²) < 4.78 is 5.60. The Morgan fingerprint density at radius 2 is 2.19 bits per heavy atom. The second-order valence-electron chi connectivity index (χ2n) is 6.74. The number of thioether (sulfide) groups is 2.